The fourth-order valence-corrected chi connectivity index (χ4v) is 3.46. The second-order valence-corrected chi connectivity index (χ2v) is 9.33. The number of aromatic nitrogens is 2. The number of rotatable bonds is 14. The molecule has 11 nitrogen and oxygen atoms in total. The number of nitrogens with zero attached hydrogens (tertiary/aromatic N) is 2. The lowest BCUT2D eigenvalue weighted by molar-refractivity contribution is -0.124. The standard InChI is InChI=1S/C25H36N4O7/c1-16(2)13-19(21(30)23-28-29(11-12-34-5)25(33)36-23)26-22(31)20(14-17(3)4)27-24(32)35-15-18-9-7-6-8-10-18/h6-10,16-17,19-20H,11-15H2,1-5H3,(H,26,31)(H,27,32). The van der Waals surface area contributed by atoms with E-state index in [1.165, 1.54) is 7.11 Å². The Morgan fingerprint density at radius 1 is 1.00 bits per heavy atom. The molecule has 0 bridgehead atoms. The largest absolute Gasteiger partial charge is 0.445 e. The van der Waals surface area contributed by atoms with Crippen molar-refractivity contribution in [2.45, 2.75) is 65.8 Å². The van der Waals surface area contributed by atoms with E-state index in [0.29, 0.717) is 6.42 Å². The molecule has 2 N–H and O–H groups in total. The van der Waals surface area contributed by atoms with Crippen LogP contribution in [0.1, 0.15) is 56.8 Å². The number of Topliss-reactive ketones (excluding diaryl/α,β-unsaturated/α-hetero) is 1. The molecule has 1 aromatic carbocycles. The van der Waals surface area contributed by atoms with E-state index in [9.17, 15) is 19.2 Å². The minimum absolute atomic E-state index is 0.0360. The zero-order valence-corrected chi connectivity index (χ0v) is 21.5. The Labute approximate surface area is 210 Å². The highest BCUT2D eigenvalue weighted by atomic mass is 16.5. The van der Waals surface area contributed by atoms with Crippen molar-refractivity contribution in [3.05, 3.63) is 52.3 Å². The summed E-state index contributed by atoms with van der Waals surface area (Å²) in [7, 11) is 1.48. The summed E-state index contributed by atoms with van der Waals surface area (Å²) < 4.78 is 16.2. The van der Waals surface area contributed by atoms with Gasteiger partial charge < -0.3 is 24.5 Å². The van der Waals surface area contributed by atoms with Crippen molar-refractivity contribution in [1.29, 1.82) is 0 Å². The van der Waals surface area contributed by atoms with Crippen LogP contribution < -0.4 is 16.4 Å². The van der Waals surface area contributed by atoms with Crippen LogP contribution in [-0.2, 0) is 27.4 Å². The maximum absolute atomic E-state index is 13.2. The average Bonchev–Trinajstić information content (AvgIpc) is 3.20. The molecule has 2 rings (SSSR count). The molecule has 0 saturated heterocycles. The predicted octanol–water partition coefficient (Wildman–Crippen LogP) is 2.54. The molecule has 2 aromatic rings. The van der Waals surface area contributed by atoms with Gasteiger partial charge in [-0.15, -0.1) is 5.10 Å². The summed E-state index contributed by atoms with van der Waals surface area (Å²) in [6.07, 6.45) is -0.129. The molecule has 1 heterocycles. The number of hydrogen-bond acceptors (Lipinski definition) is 8. The van der Waals surface area contributed by atoms with Crippen molar-refractivity contribution in [3.8, 4) is 0 Å². The van der Waals surface area contributed by atoms with Crippen molar-refractivity contribution in [2.24, 2.45) is 11.8 Å². The number of amides is 2. The van der Waals surface area contributed by atoms with E-state index in [4.69, 9.17) is 13.9 Å². The fraction of sp³-hybridized carbons (Fsp3) is 0.560. The van der Waals surface area contributed by atoms with Gasteiger partial charge in [0, 0.05) is 7.11 Å². The highest BCUT2D eigenvalue weighted by molar-refractivity contribution is 5.99. The molecule has 198 valence electrons. The Balaban J connectivity index is 2.11. The Hall–Kier alpha value is -3.47. The van der Waals surface area contributed by atoms with Crippen molar-refractivity contribution in [3.63, 3.8) is 0 Å². The van der Waals surface area contributed by atoms with Gasteiger partial charge in [0.05, 0.1) is 19.2 Å². The van der Waals surface area contributed by atoms with Crippen LogP contribution in [-0.4, -0.2) is 53.4 Å². The maximum atomic E-state index is 13.2. The molecule has 2 unspecified atom stereocenters. The SMILES string of the molecule is COCCn1nc(C(=O)C(CC(C)C)NC(=O)C(CC(C)C)NC(=O)OCc2ccccc2)oc1=O. The molecule has 1 aromatic heterocycles. The van der Waals surface area contributed by atoms with E-state index >= 15 is 0 Å². The number of hydrogen-bond donors (Lipinski definition) is 2. The number of methoxy groups -OCH3 is 1. The van der Waals surface area contributed by atoms with Crippen molar-refractivity contribution in [1.82, 2.24) is 20.4 Å². The number of carbonyl (C=O) groups is 3. The van der Waals surface area contributed by atoms with Crippen molar-refractivity contribution >= 4 is 17.8 Å². The van der Waals surface area contributed by atoms with Gasteiger partial charge in [0.25, 0.3) is 5.89 Å². The monoisotopic (exact) mass is 504 g/mol. The molecule has 2 amide bonds. The predicted molar refractivity (Wildman–Crippen MR) is 131 cm³/mol. The number of ether oxygens (including phenoxy) is 2. The zero-order chi connectivity index (χ0) is 26.7. The van der Waals surface area contributed by atoms with E-state index in [1.807, 2.05) is 58.0 Å². The Morgan fingerprint density at radius 3 is 2.25 bits per heavy atom. The van der Waals surface area contributed by atoms with E-state index in [2.05, 4.69) is 15.7 Å². The summed E-state index contributed by atoms with van der Waals surface area (Å²) in [4.78, 5) is 50.7. The Morgan fingerprint density at radius 2 is 1.64 bits per heavy atom. The quantitative estimate of drug-likeness (QED) is 0.374. The highest BCUT2D eigenvalue weighted by Gasteiger charge is 2.31. The van der Waals surface area contributed by atoms with E-state index < -0.39 is 41.5 Å². The smallest absolute Gasteiger partial charge is 0.437 e. The lowest BCUT2D eigenvalue weighted by atomic mass is 9.98. The number of benzene rings is 1. The zero-order valence-electron chi connectivity index (χ0n) is 21.5. The Kier molecular flexibility index (Phi) is 11.3. The molecule has 11 heteroatoms. The van der Waals surface area contributed by atoms with Gasteiger partial charge in [-0.05, 0) is 30.2 Å². The van der Waals surface area contributed by atoms with Crippen LogP contribution in [0, 0.1) is 11.8 Å². The molecule has 36 heavy (non-hydrogen) atoms. The second-order valence-electron chi connectivity index (χ2n) is 9.33. The molecule has 0 radical (unpaired) electrons. The van der Waals surface area contributed by atoms with E-state index in [1.54, 1.807) is 0 Å². The molecule has 0 aliphatic rings. The first-order chi connectivity index (χ1) is 17.1. The molecular formula is C25H36N4O7. The summed E-state index contributed by atoms with van der Waals surface area (Å²) in [5, 5.41) is 9.25. The molecule has 0 spiro atoms. The molecule has 0 aliphatic heterocycles. The van der Waals surface area contributed by atoms with Gasteiger partial charge in [0.2, 0.25) is 11.7 Å². The van der Waals surface area contributed by atoms with Gasteiger partial charge in [0.15, 0.2) is 0 Å². The highest BCUT2D eigenvalue weighted by Crippen LogP contribution is 2.12. The minimum Gasteiger partial charge on any atom is -0.445 e. The summed E-state index contributed by atoms with van der Waals surface area (Å²) in [5.41, 5.74) is 0.812. The van der Waals surface area contributed by atoms with Crippen LogP contribution >= 0.6 is 0 Å². The first-order valence-electron chi connectivity index (χ1n) is 12.0. The van der Waals surface area contributed by atoms with Gasteiger partial charge in [-0.1, -0.05) is 58.0 Å². The van der Waals surface area contributed by atoms with Crippen LogP contribution in [0.15, 0.2) is 39.5 Å². The van der Waals surface area contributed by atoms with Gasteiger partial charge in [-0.2, -0.15) is 4.68 Å². The van der Waals surface area contributed by atoms with E-state index in [0.717, 1.165) is 10.2 Å². The number of nitrogens with one attached hydrogen (secondary N) is 2. The van der Waals surface area contributed by atoms with Crippen LogP contribution in [0.3, 0.4) is 0 Å². The molecule has 2 atom stereocenters. The lowest BCUT2D eigenvalue weighted by Gasteiger charge is -2.24. The van der Waals surface area contributed by atoms with Crippen LogP contribution in [0.25, 0.3) is 0 Å². The summed E-state index contributed by atoms with van der Waals surface area (Å²) >= 11 is 0. The first kappa shape index (κ1) is 28.8. The first-order valence-corrected chi connectivity index (χ1v) is 12.0. The molecule has 0 aliphatic carbocycles. The third-order valence-electron chi connectivity index (χ3n) is 5.19. The van der Waals surface area contributed by atoms with Gasteiger partial charge in [-0.3, -0.25) is 9.59 Å². The van der Waals surface area contributed by atoms with Gasteiger partial charge in [0.1, 0.15) is 12.6 Å². The maximum Gasteiger partial charge on any atom is 0.437 e. The van der Waals surface area contributed by atoms with Crippen molar-refractivity contribution in [2.75, 3.05) is 13.7 Å². The summed E-state index contributed by atoms with van der Waals surface area (Å²) in [6.45, 7) is 8.01. The number of alkyl carbamates (subject to hydrolysis) is 1. The van der Waals surface area contributed by atoms with Gasteiger partial charge >= 0.3 is 11.8 Å². The lowest BCUT2D eigenvalue weighted by Crippen LogP contribution is -2.52. The third kappa shape index (κ3) is 9.29. The molecule has 0 saturated carbocycles. The summed E-state index contributed by atoms with van der Waals surface area (Å²) in [6, 6.07) is 7.24. The summed E-state index contributed by atoms with van der Waals surface area (Å²) in [5.74, 6) is -2.23. The van der Waals surface area contributed by atoms with Crippen LogP contribution in [0.4, 0.5) is 4.79 Å². The minimum atomic E-state index is -0.997. The van der Waals surface area contributed by atoms with Crippen molar-refractivity contribution < 1.29 is 28.3 Å². The third-order valence-corrected chi connectivity index (χ3v) is 5.19. The number of ketones is 1. The topological polar surface area (TPSA) is 142 Å². The Bertz CT molecular complexity index is 1050. The molecular weight excluding hydrogens is 468 g/mol. The molecule has 0 fully saturated rings. The fourth-order valence-electron chi connectivity index (χ4n) is 3.46. The van der Waals surface area contributed by atoms with Crippen LogP contribution in [0.5, 0.6) is 0 Å². The van der Waals surface area contributed by atoms with Gasteiger partial charge in [-0.25, -0.2) is 9.59 Å². The second kappa shape index (κ2) is 14.2. The number of carbonyl (C=O) groups excluding carboxylic acids is 3. The average molecular weight is 505 g/mol. The van der Waals surface area contributed by atoms with Crippen LogP contribution in [0.2, 0.25) is 0 Å². The van der Waals surface area contributed by atoms with E-state index in [-0.39, 0.29) is 38.0 Å². The normalized spacial score (nSPS) is 12.9.